The first-order valence-corrected chi connectivity index (χ1v) is 5.25. The summed E-state index contributed by atoms with van der Waals surface area (Å²) in [7, 11) is 0. The Hall–Kier alpha value is -1.69. The number of hydrogen-bond donors (Lipinski definition) is 3. The van der Waals surface area contributed by atoms with Gasteiger partial charge in [0.1, 0.15) is 11.6 Å². The molecule has 92 valence electrons. The minimum atomic E-state index is -0.825. The minimum absolute atomic E-state index is 0.0798. The maximum Gasteiger partial charge on any atom is 0.319 e. The molecule has 0 aliphatic heterocycles. The van der Waals surface area contributed by atoms with Crippen molar-refractivity contribution in [2.45, 2.75) is 25.0 Å². The average Bonchev–Trinajstić information content (AvgIpc) is 2.20. The SMILES string of the molecule is O=C(Nc1ccc(F)cc1F)NC1CC(O)C1. The highest BCUT2D eigenvalue weighted by molar-refractivity contribution is 5.89. The van der Waals surface area contributed by atoms with Crippen molar-refractivity contribution >= 4 is 11.7 Å². The van der Waals surface area contributed by atoms with Crippen molar-refractivity contribution in [2.75, 3.05) is 5.32 Å². The molecule has 6 heteroatoms. The van der Waals surface area contributed by atoms with Crippen LogP contribution < -0.4 is 10.6 Å². The Morgan fingerprint density at radius 2 is 2.06 bits per heavy atom. The fraction of sp³-hybridized carbons (Fsp3) is 0.364. The van der Waals surface area contributed by atoms with Gasteiger partial charge in [0.25, 0.3) is 0 Å². The van der Waals surface area contributed by atoms with Crippen molar-refractivity contribution in [3.05, 3.63) is 29.8 Å². The summed E-state index contributed by atoms with van der Waals surface area (Å²) in [6.07, 6.45) is 0.626. The van der Waals surface area contributed by atoms with Gasteiger partial charge in [0.05, 0.1) is 11.8 Å². The second kappa shape index (κ2) is 4.67. The first kappa shape index (κ1) is 11.8. The molecule has 0 radical (unpaired) electrons. The summed E-state index contributed by atoms with van der Waals surface area (Å²) in [6.45, 7) is 0. The van der Waals surface area contributed by atoms with E-state index in [0.29, 0.717) is 18.9 Å². The predicted molar refractivity (Wildman–Crippen MR) is 57.5 cm³/mol. The lowest BCUT2D eigenvalue weighted by molar-refractivity contribution is 0.0671. The molecule has 0 unspecified atom stereocenters. The van der Waals surface area contributed by atoms with Gasteiger partial charge in [-0.3, -0.25) is 0 Å². The van der Waals surface area contributed by atoms with Crippen molar-refractivity contribution < 1.29 is 18.7 Å². The van der Waals surface area contributed by atoms with Crippen LogP contribution in [-0.4, -0.2) is 23.3 Å². The number of aliphatic hydroxyl groups is 1. The second-order valence-electron chi connectivity index (χ2n) is 4.04. The zero-order valence-corrected chi connectivity index (χ0v) is 8.91. The van der Waals surface area contributed by atoms with Crippen molar-refractivity contribution in [1.29, 1.82) is 0 Å². The molecule has 0 bridgehead atoms. The van der Waals surface area contributed by atoms with Gasteiger partial charge in [0.15, 0.2) is 0 Å². The quantitative estimate of drug-likeness (QED) is 0.737. The van der Waals surface area contributed by atoms with Gasteiger partial charge in [0.2, 0.25) is 0 Å². The topological polar surface area (TPSA) is 61.4 Å². The normalized spacial score (nSPS) is 22.8. The molecule has 1 aromatic carbocycles. The summed E-state index contributed by atoms with van der Waals surface area (Å²) in [4.78, 5) is 11.4. The Balaban J connectivity index is 1.89. The molecular weight excluding hydrogens is 230 g/mol. The number of amides is 2. The lowest BCUT2D eigenvalue weighted by Crippen LogP contribution is -2.48. The number of benzene rings is 1. The molecule has 17 heavy (non-hydrogen) atoms. The van der Waals surface area contributed by atoms with Crippen molar-refractivity contribution in [2.24, 2.45) is 0 Å². The van der Waals surface area contributed by atoms with Crippen LogP contribution in [0.3, 0.4) is 0 Å². The molecule has 0 aromatic heterocycles. The molecule has 1 aromatic rings. The maximum absolute atomic E-state index is 13.2. The van der Waals surface area contributed by atoms with Gasteiger partial charge in [-0.1, -0.05) is 0 Å². The third-order valence-corrected chi connectivity index (χ3v) is 2.63. The fourth-order valence-corrected chi connectivity index (χ4v) is 1.64. The van der Waals surface area contributed by atoms with Gasteiger partial charge < -0.3 is 15.7 Å². The Bertz CT molecular complexity index is 433. The van der Waals surface area contributed by atoms with Crippen LogP contribution in [-0.2, 0) is 0 Å². The third-order valence-electron chi connectivity index (χ3n) is 2.63. The predicted octanol–water partition coefficient (Wildman–Crippen LogP) is 1.61. The monoisotopic (exact) mass is 242 g/mol. The van der Waals surface area contributed by atoms with Gasteiger partial charge in [-0.2, -0.15) is 0 Å². The summed E-state index contributed by atoms with van der Waals surface area (Å²) in [6, 6.07) is 2.26. The van der Waals surface area contributed by atoms with Gasteiger partial charge in [-0.05, 0) is 25.0 Å². The van der Waals surface area contributed by atoms with Gasteiger partial charge >= 0.3 is 6.03 Å². The zero-order chi connectivity index (χ0) is 12.4. The summed E-state index contributed by atoms with van der Waals surface area (Å²) < 4.78 is 25.8. The highest BCUT2D eigenvalue weighted by Crippen LogP contribution is 2.20. The van der Waals surface area contributed by atoms with E-state index in [0.717, 1.165) is 12.1 Å². The molecule has 1 saturated carbocycles. The largest absolute Gasteiger partial charge is 0.393 e. The van der Waals surface area contributed by atoms with Crippen molar-refractivity contribution in [3.8, 4) is 0 Å². The summed E-state index contributed by atoms with van der Waals surface area (Å²) in [5, 5.41) is 13.9. The highest BCUT2D eigenvalue weighted by atomic mass is 19.1. The van der Waals surface area contributed by atoms with E-state index in [1.807, 2.05) is 0 Å². The summed E-state index contributed by atoms with van der Waals surface area (Å²) >= 11 is 0. The molecule has 0 heterocycles. The van der Waals surface area contributed by atoms with E-state index in [1.54, 1.807) is 0 Å². The van der Waals surface area contributed by atoms with E-state index in [2.05, 4.69) is 10.6 Å². The zero-order valence-electron chi connectivity index (χ0n) is 8.91. The van der Waals surface area contributed by atoms with Crippen molar-refractivity contribution in [1.82, 2.24) is 5.32 Å². The molecular formula is C11H12F2N2O2. The average molecular weight is 242 g/mol. The number of hydrogen-bond acceptors (Lipinski definition) is 2. The van der Waals surface area contributed by atoms with Crippen LogP contribution >= 0.6 is 0 Å². The van der Waals surface area contributed by atoms with Crippen LogP contribution in [0.5, 0.6) is 0 Å². The molecule has 3 N–H and O–H groups in total. The molecule has 2 rings (SSSR count). The van der Waals surface area contributed by atoms with Crippen LogP contribution in [0, 0.1) is 11.6 Å². The molecule has 2 amide bonds. The van der Waals surface area contributed by atoms with Gasteiger partial charge in [-0.25, -0.2) is 13.6 Å². The van der Waals surface area contributed by atoms with E-state index in [4.69, 9.17) is 5.11 Å². The van der Waals surface area contributed by atoms with Crippen molar-refractivity contribution in [3.63, 3.8) is 0 Å². The number of halogens is 2. The summed E-state index contributed by atoms with van der Waals surface area (Å²) in [5.41, 5.74) is -0.0798. The first-order chi connectivity index (χ1) is 8.04. The van der Waals surface area contributed by atoms with E-state index in [-0.39, 0.29) is 17.8 Å². The molecule has 0 saturated heterocycles. The molecule has 1 aliphatic carbocycles. The number of carbonyl (C=O) groups is 1. The van der Waals surface area contributed by atoms with E-state index < -0.39 is 17.7 Å². The Labute approximate surface area is 96.6 Å². The smallest absolute Gasteiger partial charge is 0.319 e. The Kier molecular flexibility index (Phi) is 3.23. The van der Waals surface area contributed by atoms with E-state index >= 15 is 0 Å². The van der Waals surface area contributed by atoms with Crippen LogP contribution in [0.15, 0.2) is 18.2 Å². The molecule has 4 nitrogen and oxygen atoms in total. The number of anilines is 1. The Morgan fingerprint density at radius 1 is 1.35 bits per heavy atom. The molecule has 1 aliphatic rings. The first-order valence-electron chi connectivity index (χ1n) is 5.25. The number of nitrogens with one attached hydrogen (secondary N) is 2. The van der Waals surface area contributed by atoms with Crippen LogP contribution in [0.2, 0.25) is 0 Å². The highest BCUT2D eigenvalue weighted by Gasteiger charge is 2.28. The van der Waals surface area contributed by atoms with E-state index in [1.165, 1.54) is 0 Å². The lowest BCUT2D eigenvalue weighted by Gasteiger charge is -2.31. The van der Waals surface area contributed by atoms with Crippen LogP contribution in [0.25, 0.3) is 0 Å². The minimum Gasteiger partial charge on any atom is -0.393 e. The van der Waals surface area contributed by atoms with Gasteiger partial charge in [0, 0.05) is 12.1 Å². The maximum atomic E-state index is 13.2. The summed E-state index contributed by atoms with van der Waals surface area (Å²) in [5.74, 6) is -1.52. The Morgan fingerprint density at radius 3 is 2.65 bits per heavy atom. The standard InChI is InChI=1S/C11H12F2N2O2/c12-6-1-2-10(9(13)3-6)15-11(17)14-7-4-8(16)5-7/h1-3,7-8,16H,4-5H2,(H2,14,15,17). The molecule has 1 fully saturated rings. The number of rotatable bonds is 2. The van der Waals surface area contributed by atoms with Crippen LogP contribution in [0.4, 0.5) is 19.3 Å². The number of aliphatic hydroxyl groups excluding tert-OH is 1. The lowest BCUT2D eigenvalue weighted by atomic mass is 9.90. The fourth-order valence-electron chi connectivity index (χ4n) is 1.64. The van der Waals surface area contributed by atoms with Crippen LogP contribution in [0.1, 0.15) is 12.8 Å². The number of carbonyl (C=O) groups excluding carboxylic acids is 1. The molecule has 0 spiro atoms. The second-order valence-corrected chi connectivity index (χ2v) is 4.04. The molecule has 0 atom stereocenters. The number of urea groups is 1. The van der Waals surface area contributed by atoms with E-state index in [9.17, 15) is 13.6 Å². The third kappa shape index (κ3) is 2.91. The van der Waals surface area contributed by atoms with Gasteiger partial charge in [-0.15, -0.1) is 0 Å².